The van der Waals surface area contributed by atoms with Crippen LogP contribution in [-0.2, 0) is 6.50 Å². The van der Waals surface area contributed by atoms with Crippen molar-refractivity contribution in [2.45, 2.75) is 25.3 Å². The van der Waals surface area contributed by atoms with Gasteiger partial charge in [-0.25, -0.2) is 13.5 Å². The van der Waals surface area contributed by atoms with Crippen molar-refractivity contribution in [3.63, 3.8) is 0 Å². The molecule has 0 saturated carbocycles. The lowest BCUT2D eigenvalue weighted by Crippen LogP contribution is -2.34. The van der Waals surface area contributed by atoms with E-state index < -0.39 is 23.7 Å². The molecular formula is C26H23F2N7. The molecule has 0 bridgehead atoms. The summed E-state index contributed by atoms with van der Waals surface area (Å²) in [7, 11) is 0. The predicted octanol–water partition coefficient (Wildman–Crippen LogP) is 4.86. The molecule has 1 aliphatic heterocycles. The molecule has 0 radical (unpaired) electrons. The summed E-state index contributed by atoms with van der Waals surface area (Å²) in [6.07, 6.45) is 6.72. The number of hydrogen-bond donors (Lipinski definition) is 1. The van der Waals surface area contributed by atoms with Crippen LogP contribution in [-0.4, -0.2) is 48.2 Å². The molecule has 9 heteroatoms. The van der Waals surface area contributed by atoms with Crippen LogP contribution in [0.5, 0.6) is 0 Å². The summed E-state index contributed by atoms with van der Waals surface area (Å²) < 4.78 is 47.6. The van der Waals surface area contributed by atoms with Gasteiger partial charge in [0.1, 0.15) is 17.3 Å². The minimum Gasteiger partial charge on any atom is -0.298 e. The van der Waals surface area contributed by atoms with Gasteiger partial charge in [0, 0.05) is 50.6 Å². The van der Waals surface area contributed by atoms with Crippen LogP contribution in [0.2, 0.25) is 0 Å². The topological polar surface area (TPSA) is 75.5 Å². The van der Waals surface area contributed by atoms with Gasteiger partial charge >= 0.3 is 0 Å². The largest absolute Gasteiger partial charge is 0.298 e. The van der Waals surface area contributed by atoms with Gasteiger partial charge in [-0.15, -0.1) is 5.10 Å². The van der Waals surface area contributed by atoms with E-state index in [0.29, 0.717) is 18.7 Å². The highest BCUT2D eigenvalue weighted by molar-refractivity contribution is 5.94. The van der Waals surface area contributed by atoms with Crippen LogP contribution in [0.15, 0.2) is 67.1 Å². The lowest BCUT2D eigenvalue weighted by atomic mass is 9.95. The van der Waals surface area contributed by atoms with Crippen LogP contribution in [0.3, 0.4) is 0 Å². The van der Waals surface area contributed by atoms with Crippen LogP contribution in [0.4, 0.5) is 8.78 Å². The third kappa shape index (κ3) is 4.19. The maximum Gasteiger partial charge on any atom is 0.130 e. The van der Waals surface area contributed by atoms with E-state index >= 15 is 0 Å². The van der Waals surface area contributed by atoms with Gasteiger partial charge in [0.2, 0.25) is 0 Å². The molecule has 0 aliphatic carbocycles. The van der Waals surface area contributed by atoms with Gasteiger partial charge in [-0.3, -0.25) is 15.0 Å². The molecule has 5 aromatic rings. The molecular weight excluding hydrogens is 448 g/mol. The summed E-state index contributed by atoms with van der Waals surface area (Å²) >= 11 is 0. The SMILES string of the molecule is [2H]C([2H])(c1c(F)cccc1F)N1CCC[C@@H](c2cn(-c3ccc4[nH]nc(-c5ccncc5)c4c3)nn2)C1. The molecule has 7 nitrogen and oxygen atoms in total. The number of nitrogens with one attached hydrogen (secondary N) is 1. The van der Waals surface area contributed by atoms with Crippen molar-refractivity contribution < 1.29 is 11.5 Å². The van der Waals surface area contributed by atoms with Gasteiger partial charge in [-0.1, -0.05) is 11.3 Å². The molecule has 1 N–H and O–H groups in total. The minimum atomic E-state index is -2.29. The van der Waals surface area contributed by atoms with Gasteiger partial charge in [-0.05, 0) is 61.9 Å². The first kappa shape index (κ1) is 19.3. The maximum absolute atomic E-state index is 14.4. The number of benzene rings is 2. The first-order valence-electron chi connectivity index (χ1n) is 12.4. The predicted molar refractivity (Wildman–Crippen MR) is 128 cm³/mol. The number of halogens is 2. The molecule has 1 atom stereocenters. The van der Waals surface area contributed by atoms with E-state index in [9.17, 15) is 8.78 Å². The van der Waals surface area contributed by atoms with Gasteiger partial charge in [0.05, 0.1) is 23.1 Å². The van der Waals surface area contributed by atoms with Gasteiger partial charge in [0.15, 0.2) is 0 Å². The molecule has 2 aromatic carbocycles. The van der Waals surface area contributed by atoms with E-state index in [1.165, 1.54) is 11.0 Å². The fourth-order valence-corrected chi connectivity index (χ4v) is 4.55. The fourth-order valence-electron chi connectivity index (χ4n) is 4.55. The molecule has 1 fully saturated rings. The molecule has 1 aliphatic rings. The van der Waals surface area contributed by atoms with Crippen LogP contribution in [0.25, 0.3) is 27.8 Å². The Morgan fingerprint density at radius 2 is 1.91 bits per heavy atom. The van der Waals surface area contributed by atoms with Crippen molar-refractivity contribution in [3.05, 3.63) is 90.0 Å². The average Bonchev–Trinajstić information content (AvgIpc) is 3.57. The zero-order chi connectivity index (χ0) is 25.6. The summed E-state index contributed by atoms with van der Waals surface area (Å²) in [5, 5.41) is 17.1. The number of pyridine rings is 1. The van der Waals surface area contributed by atoms with E-state index in [1.807, 2.05) is 36.5 Å². The molecule has 0 amide bonds. The van der Waals surface area contributed by atoms with E-state index in [2.05, 4.69) is 25.5 Å². The first-order chi connectivity index (χ1) is 17.9. The number of fused-ring (bicyclic) bond motifs is 1. The van der Waals surface area contributed by atoms with Crippen LogP contribution >= 0.6 is 0 Å². The molecule has 176 valence electrons. The highest BCUT2D eigenvalue weighted by Gasteiger charge is 2.25. The van der Waals surface area contributed by atoms with Crippen LogP contribution in [0, 0.1) is 11.6 Å². The second-order valence-electron chi connectivity index (χ2n) is 8.62. The Bertz CT molecular complexity index is 1550. The molecule has 6 rings (SSSR count). The number of aromatic amines is 1. The Labute approximate surface area is 203 Å². The Morgan fingerprint density at radius 3 is 2.74 bits per heavy atom. The minimum absolute atomic E-state index is 0.127. The van der Waals surface area contributed by atoms with Crippen molar-refractivity contribution in [3.8, 4) is 16.9 Å². The van der Waals surface area contributed by atoms with Gasteiger partial charge in [0.25, 0.3) is 0 Å². The number of piperidine rings is 1. The van der Waals surface area contributed by atoms with Gasteiger partial charge < -0.3 is 0 Å². The van der Waals surface area contributed by atoms with Crippen molar-refractivity contribution in [2.75, 3.05) is 13.1 Å². The quantitative estimate of drug-likeness (QED) is 0.394. The Morgan fingerprint density at radius 1 is 1.09 bits per heavy atom. The molecule has 35 heavy (non-hydrogen) atoms. The molecule has 4 heterocycles. The summed E-state index contributed by atoms with van der Waals surface area (Å²) in [5.41, 5.74) is 3.60. The Balaban J connectivity index is 1.27. The van der Waals surface area contributed by atoms with E-state index in [1.54, 1.807) is 17.1 Å². The van der Waals surface area contributed by atoms with E-state index in [4.69, 9.17) is 2.74 Å². The number of nitrogens with zero attached hydrogens (tertiary/aromatic N) is 6. The van der Waals surface area contributed by atoms with Crippen molar-refractivity contribution >= 4 is 10.9 Å². The van der Waals surface area contributed by atoms with Crippen molar-refractivity contribution in [2.24, 2.45) is 0 Å². The standard InChI is InChI=1S/C26H23F2N7/c27-22-4-1-5-23(28)21(22)15-34-12-2-3-18(14-34)25-16-35(33-31-25)19-6-7-24-20(13-19)26(32-30-24)17-8-10-29-11-9-17/h1,4-11,13,16,18H,2-3,12,14-15H2,(H,30,32)/t18-/m1/s1/i15D2. The normalized spacial score (nSPS) is 17.9. The second-order valence-corrected chi connectivity index (χ2v) is 8.62. The summed E-state index contributed by atoms with van der Waals surface area (Å²) in [5.74, 6) is -1.91. The van der Waals surface area contributed by atoms with Crippen molar-refractivity contribution in [1.82, 2.24) is 35.1 Å². The zero-order valence-corrected chi connectivity index (χ0v) is 18.7. The smallest absolute Gasteiger partial charge is 0.130 e. The van der Waals surface area contributed by atoms with E-state index in [-0.39, 0.29) is 12.5 Å². The molecule has 0 unspecified atom stereocenters. The Kier molecular flexibility index (Phi) is 4.97. The van der Waals surface area contributed by atoms with Crippen LogP contribution in [0.1, 0.15) is 32.8 Å². The second kappa shape index (κ2) is 8.99. The highest BCUT2D eigenvalue weighted by atomic mass is 19.1. The number of rotatable bonds is 5. The number of aromatic nitrogens is 6. The maximum atomic E-state index is 14.4. The molecule has 0 spiro atoms. The number of H-pyrrole nitrogens is 1. The van der Waals surface area contributed by atoms with Gasteiger partial charge in [-0.2, -0.15) is 5.10 Å². The third-order valence-corrected chi connectivity index (χ3v) is 6.35. The number of hydrogen-bond acceptors (Lipinski definition) is 5. The van der Waals surface area contributed by atoms with Crippen LogP contribution < -0.4 is 0 Å². The van der Waals surface area contributed by atoms with E-state index in [0.717, 1.165) is 46.4 Å². The lowest BCUT2D eigenvalue weighted by molar-refractivity contribution is 0.194. The highest BCUT2D eigenvalue weighted by Crippen LogP contribution is 2.30. The number of likely N-dealkylation sites (tertiary alicyclic amines) is 1. The zero-order valence-electron chi connectivity index (χ0n) is 20.7. The summed E-state index contributed by atoms with van der Waals surface area (Å²) in [4.78, 5) is 5.56. The first-order valence-corrected chi connectivity index (χ1v) is 11.4. The Hall–Kier alpha value is -3.98. The monoisotopic (exact) mass is 473 g/mol. The van der Waals surface area contributed by atoms with Crippen molar-refractivity contribution in [1.29, 1.82) is 0 Å². The molecule has 3 aromatic heterocycles. The summed E-state index contributed by atoms with van der Waals surface area (Å²) in [6, 6.07) is 13.0. The lowest BCUT2D eigenvalue weighted by Gasteiger charge is -2.31. The average molecular weight is 474 g/mol. The third-order valence-electron chi connectivity index (χ3n) is 6.35. The fraction of sp³-hybridized carbons (Fsp3) is 0.231. The molecule has 1 saturated heterocycles. The summed E-state index contributed by atoms with van der Waals surface area (Å²) in [6.45, 7) is -1.63.